The van der Waals surface area contributed by atoms with Gasteiger partial charge in [0.1, 0.15) is 5.76 Å². The van der Waals surface area contributed by atoms with Gasteiger partial charge in [-0.3, -0.25) is 9.80 Å². The smallest absolute Gasteiger partial charge is 0.243 e. The standard InChI is InChI=1S/C17H27N5O2/c1-12-10-14(19-23-12)11-21-6-8-22(9-7-21)13(2)15-18-16(20-24-15)17(3,4)5/h10,13H,6-9,11H2,1-5H3/t13-/m0/s1. The molecule has 1 aliphatic rings. The van der Waals surface area contributed by atoms with Crippen LogP contribution in [0.2, 0.25) is 0 Å². The number of aryl methyl sites for hydroxylation is 1. The fraction of sp³-hybridized carbons (Fsp3) is 0.706. The van der Waals surface area contributed by atoms with E-state index in [0.29, 0.717) is 5.89 Å². The molecule has 1 fully saturated rings. The summed E-state index contributed by atoms with van der Waals surface area (Å²) in [6.45, 7) is 15.1. The van der Waals surface area contributed by atoms with E-state index in [-0.39, 0.29) is 11.5 Å². The lowest BCUT2D eigenvalue weighted by atomic mass is 9.96. The fourth-order valence-electron chi connectivity index (χ4n) is 2.90. The number of aromatic nitrogens is 3. The average Bonchev–Trinajstić information content (AvgIpc) is 3.16. The Morgan fingerprint density at radius 2 is 1.83 bits per heavy atom. The Morgan fingerprint density at radius 1 is 1.12 bits per heavy atom. The number of hydrogen-bond donors (Lipinski definition) is 0. The highest BCUT2D eigenvalue weighted by atomic mass is 16.5. The van der Waals surface area contributed by atoms with Crippen molar-refractivity contribution in [1.82, 2.24) is 25.1 Å². The molecule has 1 atom stereocenters. The fourth-order valence-corrected chi connectivity index (χ4v) is 2.90. The molecule has 2 aromatic rings. The van der Waals surface area contributed by atoms with Crippen molar-refractivity contribution >= 4 is 0 Å². The maximum absolute atomic E-state index is 5.49. The topological polar surface area (TPSA) is 71.4 Å². The maximum atomic E-state index is 5.49. The third-order valence-electron chi connectivity index (χ3n) is 4.49. The number of hydrogen-bond acceptors (Lipinski definition) is 7. The van der Waals surface area contributed by atoms with Gasteiger partial charge in [0, 0.05) is 44.2 Å². The summed E-state index contributed by atoms with van der Waals surface area (Å²) in [6.07, 6.45) is 0. The molecule has 0 N–H and O–H groups in total. The molecule has 0 amide bonds. The molecular formula is C17H27N5O2. The molecule has 7 nitrogen and oxygen atoms in total. The van der Waals surface area contributed by atoms with Crippen LogP contribution in [0, 0.1) is 6.92 Å². The molecule has 0 unspecified atom stereocenters. The average molecular weight is 333 g/mol. The van der Waals surface area contributed by atoms with Crippen LogP contribution in [0.4, 0.5) is 0 Å². The summed E-state index contributed by atoms with van der Waals surface area (Å²) in [7, 11) is 0. The summed E-state index contributed by atoms with van der Waals surface area (Å²) >= 11 is 0. The van der Waals surface area contributed by atoms with Crippen molar-refractivity contribution in [3.63, 3.8) is 0 Å². The highest BCUT2D eigenvalue weighted by Gasteiger charge is 2.28. The Balaban J connectivity index is 1.55. The van der Waals surface area contributed by atoms with E-state index < -0.39 is 0 Å². The third-order valence-corrected chi connectivity index (χ3v) is 4.49. The van der Waals surface area contributed by atoms with E-state index >= 15 is 0 Å². The lowest BCUT2D eigenvalue weighted by molar-refractivity contribution is 0.0833. The molecule has 24 heavy (non-hydrogen) atoms. The molecule has 0 aliphatic carbocycles. The lowest BCUT2D eigenvalue weighted by Crippen LogP contribution is -2.46. The molecule has 0 saturated carbocycles. The van der Waals surface area contributed by atoms with Crippen LogP contribution in [0.1, 0.15) is 56.9 Å². The van der Waals surface area contributed by atoms with Crippen molar-refractivity contribution in [2.75, 3.05) is 26.2 Å². The van der Waals surface area contributed by atoms with Crippen LogP contribution in [0.25, 0.3) is 0 Å². The Morgan fingerprint density at radius 3 is 2.38 bits per heavy atom. The van der Waals surface area contributed by atoms with Gasteiger partial charge in [-0.15, -0.1) is 0 Å². The molecule has 0 bridgehead atoms. The van der Waals surface area contributed by atoms with Gasteiger partial charge in [-0.2, -0.15) is 4.98 Å². The monoisotopic (exact) mass is 333 g/mol. The normalized spacial score (nSPS) is 18.9. The minimum atomic E-state index is -0.0874. The minimum Gasteiger partial charge on any atom is -0.361 e. The maximum Gasteiger partial charge on any atom is 0.243 e. The van der Waals surface area contributed by atoms with Crippen LogP contribution in [-0.2, 0) is 12.0 Å². The molecule has 132 valence electrons. The molecule has 2 aromatic heterocycles. The van der Waals surface area contributed by atoms with Crippen LogP contribution < -0.4 is 0 Å². The summed E-state index contributed by atoms with van der Waals surface area (Å²) in [5.74, 6) is 2.34. The van der Waals surface area contributed by atoms with Crippen LogP contribution in [0.15, 0.2) is 15.1 Å². The molecule has 0 spiro atoms. The zero-order chi connectivity index (χ0) is 17.3. The summed E-state index contributed by atoms with van der Waals surface area (Å²) < 4.78 is 10.6. The van der Waals surface area contributed by atoms with Crippen molar-refractivity contribution in [2.24, 2.45) is 0 Å². The van der Waals surface area contributed by atoms with Gasteiger partial charge in [0.05, 0.1) is 11.7 Å². The molecule has 7 heteroatoms. The molecule has 0 aromatic carbocycles. The Kier molecular flexibility index (Phi) is 4.73. The molecule has 3 heterocycles. The Bertz CT molecular complexity index is 665. The zero-order valence-corrected chi connectivity index (χ0v) is 15.2. The Labute approximate surface area is 143 Å². The van der Waals surface area contributed by atoms with Crippen molar-refractivity contribution < 1.29 is 9.05 Å². The minimum absolute atomic E-state index is 0.0874. The summed E-state index contributed by atoms with van der Waals surface area (Å²) in [5, 5.41) is 8.21. The zero-order valence-electron chi connectivity index (χ0n) is 15.2. The van der Waals surface area contributed by atoms with E-state index in [0.717, 1.165) is 50.0 Å². The van der Waals surface area contributed by atoms with Crippen LogP contribution in [-0.4, -0.2) is 51.3 Å². The first-order valence-corrected chi connectivity index (χ1v) is 8.55. The number of rotatable bonds is 4. The van der Waals surface area contributed by atoms with E-state index in [2.05, 4.69) is 52.8 Å². The quantitative estimate of drug-likeness (QED) is 0.851. The summed E-state index contributed by atoms with van der Waals surface area (Å²) in [6, 6.07) is 2.15. The predicted octanol–water partition coefficient (Wildman–Crippen LogP) is 2.54. The predicted molar refractivity (Wildman–Crippen MR) is 89.5 cm³/mol. The van der Waals surface area contributed by atoms with Gasteiger partial charge < -0.3 is 9.05 Å². The second-order valence-corrected chi connectivity index (χ2v) is 7.62. The second-order valence-electron chi connectivity index (χ2n) is 7.62. The van der Waals surface area contributed by atoms with E-state index in [1.807, 2.05) is 13.0 Å². The highest BCUT2D eigenvalue weighted by Crippen LogP contribution is 2.24. The van der Waals surface area contributed by atoms with Crippen molar-refractivity contribution in [3.8, 4) is 0 Å². The van der Waals surface area contributed by atoms with Gasteiger partial charge in [-0.1, -0.05) is 31.1 Å². The van der Waals surface area contributed by atoms with Crippen LogP contribution in [0.5, 0.6) is 0 Å². The van der Waals surface area contributed by atoms with Crippen molar-refractivity contribution in [1.29, 1.82) is 0 Å². The molecule has 1 aliphatic heterocycles. The van der Waals surface area contributed by atoms with Gasteiger partial charge in [-0.05, 0) is 13.8 Å². The number of piperazine rings is 1. The van der Waals surface area contributed by atoms with Gasteiger partial charge >= 0.3 is 0 Å². The number of nitrogens with zero attached hydrogens (tertiary/aromatic N) is 5. The van der Waals surface area contributed by atoms with E-state index in [9.17, 15) is 0 Å². The first-order valence-electron chi connectivity index (χ1n) is 8.55. The largest absolute Gasteiger partial charge is 0.361 e. The van der Waals surface area contributed by atoms with Crippen LogP contribution >= 0.6 is 0 Å². The SMILES string of the molecule is Cc1cc(CN2CCN([C@@H](C)c3nc(C(C)(C)C)no3)CC2)no1. The summed E-state index contributed by atoms with van der Waals surface area (Å²) in [5.41, 5.74) is 0.913. The third kappa shape index (κ3) is 3.84. The summed E-state index contributed by atoms with van der Waals surface area (Å²) in [4.78, 5) is 9.38. The van der Waals surface area contributed by atoms with Gasteiger partial charge in [0.15, 0.2) is 5.82 Å². The van der Waals surface area contributed by atoms with Gasteiger partial charge in [0.2, 0.25) is 5.89 Å². The van der Waals surface area contributed by atoms with Crippen molar-refractivity contribution in [2.45, 2.75) is 52.6 Å². The molecular weight excluding hydrogens is 306 g/mol. The first-order chi connectivity index (χ1) is 11.3. The lowest BCUT2D eigenvalue weighted by Gasteiger charge is -2.36. The van der Waals surface area contributed by atoms with Crippen LogP contribution in [0.3, 0.4) is 0 Å². The van der Waals surface area contributed by atoms with E-state index in [4.69, 9.17) is 9.05 Å². The van der Waals surface area contributed by atoms with E-state index in [1.54, 1.807) is 0 Å². The molecule has 0 radical (unpaired) electrons. The molecule has 1 saturated heterocycles. The first kappa shape index (κ1) is 17.1. The van der Waals surface area contributed by atoms with E-state index in [1.165, 1.54) is 0 Å². The van der Waals surface area contributed by atoms with Crippen molar-refractivity contribution in [3.05, 3.63) is 29.2 Å². The Hall–Kier alpha value is -1.73. The second kappa shape index (κ2) is 6.64. The van der Waals surface area contributed by atoms with Gasteiger partial charge in [-0.25, -0.2) is 0 Å². The highest BCUT2D eigenvalue weighted by molar-refractivity contribution is 5.04. The molecule has 3 rings (SSSR count). The van der Waals surface area contributed by atoms with Gasteiger partial charge in [0.25, 0.3) is 0 Å².